The Kier molecular flexibility index (Phi) is 2.15. The Balaban J connectivity index is 1.94. The lowest BCUT2D eigenvalue weighted by Crippen LogP contribution is -2.14. The molecule has 0 aromatic rings. The van der Waals surface area contributed by atoms with E-state index in [-0.39, 0.29) is 0 Å². The van der Waals surface area contributed by atoms with E-state index in [0.29, 0.717) is 18.1 Å². The van der Waals surface area contributed by atoms with Crippen molar-refractivity contribution in [1.82, 2.24) is 0 Å². The van der Waals surface area contributed by atoms with E-state index in [1.807, 2.05) is 0 Å². The Bertz CT molecular complexity index is 117. The monoisotopic (exact) mass is 254 g/mol. The quantitative estimate of drug-likeness (QED) is 0.517. The summed E-state index contributed by atoms with van der Waals surface area (Å²) in [7, 11) is 0. The van der Waals surface area contributed by atoms with Crippen LogP contribution in [0.25, 0.3) is 0 Å². The van der Waals surface area contributed by atoms with E-state index in [0.717, 1.165) is 17.6 Å². The molecule has 2 aliphatic rings. The van der Waals surface area contributed by atoms with Crippen molar-refractivity contribution in [3.8, 4) is 0 Å². The maximum atomic E-state index is 5.70. The van der Waals surface area contributed by atoms with Crippen LogP contribution in [0.5, 0.6) is 0 Å². The Morgan fingerprint density at radius 1 is 1.40 bits per heavy atom. The number of hydrogen-bond donors (Lipinski definition) is 0. The standard InChI is InChI=1S/C7H11IO2/c8-2-6-1-5-3-9-4-7(5)10-6/h5-7H,1-4H2/t5-,6-,7+/m1/s1. The van der Waals surface area contributed by atoms with Crippen LogP contribution in [-0.4, -0.2) is 29.8 Å². The fourth-order valence-electron chi connectivity index (χ4n) is 1.69. The average molecular weight is 254 g/mol. The summed E-state index contributed by atoms with van der Waals surface area (Å²) >= 11 is 2.38. The molecule has 0 radical (unpaired) electrons. The van der Waals surface area contributed by atoms with Crippen molar-refractivity contribution in [1.29, 1.82) is 0 Å². The molecule has 3 heteroatoms. The first-order valence-corrected chi connectivity index (χ1v) is 5.22. The fourth-order valence-corrected chi connectivity index (χ4v) is 2.26. The lowest BCUT2D eigenvalue weighted by atomic mass is 10.0. The fraction of sp³-hybridized carbons (Fsp3) is 1.00. The summed E-state index contributed by atoms with van der Waals surface area (Å²) in [6.07, 6.45) is 2.16. The van der Waals surface area contributed by atoms with E-state index in [4.69, 9.17) is 9.47 Å². The van der Waals surface area contributed by atoms with E-state index in [9.17, 15) is 0 Å². The largest absolute Gasteiger partial charge is 0.378 e. The topological polar surface area (TPSA) is 18.5 Å². The molecule has 0 aromatic carbocycles. The number of halogens is 1. The predicted octanol–water partition coefficient (Wildman–Crippen LogP) is 1.23. The molecule has 0 aromatic heterocycles. The van der Waals surface area contributed by atoms with Crippen molar-refractivity contribution in [3.05, 3.63) is 0 Å². The van der Waals surface area contributed by atoms with Crippen molar-refractivity contribution in [3.63, 3.8) is 0 Å². The van der Waals surface area contributed by atoms with Crippen LogP contribution in [0, 0.1) is 5.92 Å². The highest BCUT2D eigenvalue weighted by Crippen LogP contribution is 2.31. The molecule has 2 nitrogen and oxygen atoms in total. The van der Waals surface area contributed by atoms with Crippen LogP contribution in [0.15, 0.2) is 0 Å². The third-order valence-electron chi connectivity index (χ3n) is 2.24. The van der Waals surface area contributed by atoms with Gasteiger partial charge >= 0.3 is 0 Å². The van der Waals surface area contributed by atoms with Crippen LogP contribution in [0.4, 0.5) is 0 Å². The van der Waals surface area contributed by atoms with E-state index < -0.39 is 0 Å². The highest BCUT2D eigenvalue weighted by atomic mass is 127. The van der Waals surface area contributed by atoms with Gasteiger partial charge in [-0.3, -0.25) is 0 Å². The number of ether oxygens (including phenoxy) is 2. The van der Waals surface area contributed by atoms with Gasteiger partial charge in [0.25, 0.3) is 0 Å². The first-order chi connectivity index (χ1) is 4.90. The van der Waals surface area contributed by atoms with Gasteiger partial charge in [-0.2, -0.15) is 0 Å². The van der Waals surface area contributed by atoms with Crippen molar-refractivity contribution in [2.75, 3.05) is 17.6 Å². The average Bonchev–Trinajstić information content (AvgIpc) is 2.42. The van der Waals surface area contributed by atoms with Crippen molar-refractivity contribution in [2.45, 2.75) is 18.6 Å². The normalized spacial score (nSPS) is 45.9. The van der Waals surface area contributed by atoms with E-state index >= 15 is 0 Å². The summed E-state index contributed by atoms with van der Waals surface area (Å²) in [4.78, 5) is 0. The zero-order valence-electron chi connectivity index (χ0n) is 5.75. The maximum Gasteiger partial charge on any atom is 0.0863 e. The maximum absolute atomic E-state index is 5.70. The first-order valence-electron chi connectivity index (χ1n) is 3.69. The second kappa shape index (κ2) is 2.95. The zero-order valence-corrected chi connectivity index (χ0v) is 7.91. The summed E-state index contributed by atoms with van der Waals surface area (Å²) in [5.74, 6) is 0.708. The smallest absolute Gasteiger partial charge is 0.0863 e. The number of alkyl halides is 1. The Morgan fingerprint density at radius 3 is 3.00 bits per heavy atom. The van der Waals surface area contributed by atoms with Gasteiger partial charge in [0.15, 0.2) is 0 Å². The molecule has 0 unspecified atom stereocenters. The highest BCUT2D eigenvalue weighted by Gasteiger charge is 2.38. The number of fused-ring (bicyclic) bond motifs is 1. The number of rotatable bonds is 1. The molecular weight excluding hydrogens is 243 g/mol. The molecule has 0 N–H and O–H groups in total. The van der Waals surface area contributed by atoms with Gasteiger partial charge in [-0.25, -0.2) is 0 Å². The van der Waals surface area contributed by atoms with Gasteiger partial charge in [0, 0.05) is 10.3 Å². The molecular formula is C7H11IO2. The second-order valence-electron chi connectivity index (χ2n) is 2.98. The van der Waals surface area contributed by atoms with Crippen LogP contribution >= 0.6 is 22.6 Å². The Hall–Kier alpha value is 0.650. The summed E-state index contributed by atoms with van der Waals surface area (Å²) in [5, 5.41) is 0. The molecule has 10 heavy (non-hydrogen) atoms. The molecule has 0 saturated carbocycles. The minimum atomic E-state index is 0.430. The van der Waals surface area contributed by atoms with Crippen molar-refractivity contribution in [2.24, 2.45) is 5.92 Å². The van der Waals surface area contributed by atoms with Gasteiger partial charge < -0.3 is 9.47 Å². The molecule has 3 atom stereocenters. The molecule has 0 amide bonds. The van der Waals surface area contributed by atoms with Gasteiger partial charge in [-0.15, -0.1) is 0 Å². The van der Waals surface area contributed by atoms with E-state index in [1.54, 1.807) is 0 Å². The third-order valence-corrected chi connectivity index (χ3v) is 3.23. The molecule has 2 saturated heterocycles. The molecule has 2 heterocycles. The van der Waals surface area contributed by atoms with Crippen LogP contribution in [0.1, 0.15) is 6.42 Å². The summed E-state index contributed by atoms with van der Waals surface area (Å²) < 4.78 is 12.1. The van der Waals surface area contributed by atoms with Crippen LogP contribution < -0.4 is 0 Å². The second-order valence-corrected chi connectivity index (χ2v) is 3.86. The third kappa shape index (κ3) is 1.19. The molecule has 2 aliphatic heterocycles. The minimum Gasteiger partial charge on any atom is -0.378 e. The van der Waals surface area contributed by atoms with Crippen LogP contribution in [0.3, 0.4) is 0 Å². The lowest BCUT2D eigenvalue weighted by molar-refractivity contribution is 0.0319. The van der Waals surface area contributed by atoms with Crippen LogP contribution in [-0.2, 0) is 9.47 Å². The van der Waals surface area contributed by atoms with E-state index in [1.165, 1.54) is 6.42 Å². The zero-order chi connectivity index (χ0) is 6.97. The molecule has 2 fully saturated rings. The number of hydrogen-bond acceptors (Lipinski definition) is 2. The minimum absolute atomic E-state index is 0.430. The van der Waals surface area contributed by atoms with Crippen molar-refractivity contribution >= 4 is 22.6 Å². The molecule has 58 valence electrons. The van der Waals surface area contributed by atoms with Gasteiger partial charge in [-0.05, 0) is 6.42 Å². The lowest BCUT2D eigenvalue weighted by Gasteiger charge is -2.07. The Labute approximate surface area is 74.4 Å². The SMILES string of the molecule is IC[C@H]1C[C@@H]2COC[C@@H]2O1. The van der Waals surface area contributed by atoms with Gasteiger partial charge in [-0.1, -0.05) is 22.6 Å². The van der Waals surface area contributed by atoms with Crippen LogP contribution in [0.2, 0.25) is 0 Å². The summed E-state index contributed by atoms with van der Waals surface area (Å²) in [6.45, 7) is 1.76. The Morgan fingerprint density at radius 2 is 2.30 bits per heavy atom. The summed E-state index contributed by atoms with van der Waals surface area (Å²) in [6, 6.07) is 0. The summed E-state index contributed by atoms with van der Waals surface area (Å²) in [5.41, 5.74) is 0. The van der Waals surface area contributed by atoms with E-state index in [2.05, 4.69) is 22.6 Å². The van der Waals surface area contributed by atoms with Crippen molar-refractivity contribution < 1.29 is 9.47 Å². The molecule has 0 aliphatic carbocycles. The van der Waals surface area contributed by atoms with Gasteiger partial charge in [0.05, 0.1) is 25.4 Å². The molecule has 2 rings (SSSR count). The van der Waals surface area contributed by atoms with Gasteiger partial charge in [0.2, 0.25) is 0 Å². The molecule has 0 bridgehead atoms. The predicted molar refractivity (Wildman–Crippen MR) is 46.5 cm³/mol. The first kappa shape index (κ1) is 7.31. The molecule has 0 spiro atoms. The highest BCUT2D eigenvalue weighted by molar-refractivity contribution is 14.1. The van der Waals surface area contributed by atoms with Gasteiger partial charge in [0.1, 0.15) is 0 Å².